The summed E-state index contributed by atoms with van der Waals surface area (Å²) >= 11 is 4.32. The summed E-state index contributed by atoms with van der Waals surface area (Å²) in [6.07, 6.45) is 7.25. The van der Waals surface area contributed by atoms with Gasteiger partial charge < -0.3 is 0 Å². The van der Waals surface area contributed by atoms with Crippen LogP contribution in [-0.4, -0.2) is 16.1 Å². The van der Waals surface area contributed by atoms with Crippen molar-refractivity contribution in [1.82, 2.24) is 0 Å². The monoisotopic (exact) mass is 230 g/mol. The zero-order valence-electron chi connectivity index (χ0n) is 9.42. The van der Waals surface area contributed by atoms with E-state index in [4.69, 9.17) is 0 Å². The van der Waals surface area contributed by atoms with Crippen LogP contribution in [0.3, 0.4) is 0 Å². The van der Waals surface area contributed by atoms with Crippen molar-refractivity contribution in [2.45, 2.75) is 44.1 Å². The van der Waals surface area contributed by atoms with E-state index >= 15 is 0 Å². The van der Waals surface area contributed by atoms with Crippen LogP contribution in [0.25, 0.3) is 0 Å². The molecule has 0 nitrogen and oxygen atoms in total. The van der Waals surface area contributed by atoms with Gasteiger partial charge >= 0.3 is 0 Å². The van der Waals surface area contributed by atoms with E-state index in [1.807, 2.05) is 6.08 Å². The standard InChI is InChI=1S/C12H22S2/c1-4-5-7-12(2,3)10-11-13-8-6-9-14-11/h4,11H,1,5-10H2,2-3H3. The van der Waals surface area contributed by atoms with Gasteiger partial charge in [-0.25, -0.2) is 0 Å². The predicted molar refractivity (Wildman–Crippen MR) is 71.2 cm³/mol. The van der Waals surface area contributed by atoms with Crippen LogP contribution in [0.4, 0.5) is 0 Å². The molecule has 1 saturated heterocycles. The van der Waals surface area contributed by atoms with E-state index in [1.54, 1.807) is 0 Å². The molecule has 0 aromatic heterocycles. The summed E-state index contributed by atoms with van der Waals surface area (Å²) in [5.74, 6) is 2.74. The maximum Gasteiger partial charge on any atom is 0.0507 e. The summed E-state index contributed by atoms with van der Waals surface area (Å²) in [6.45, 7) is 8.59. The Balaban J connectivity index is 2.28. The van der Waals surface area contributed by atoms with E-state index in [1.165, 1.54) is 30.8 Å². The Kier molecular flexibility index (Phi) is 5.47. The maximum absolute atomic E-state index is 3.80. The highest BCUT2D eigenvalue weighted by molar-refractivity contribution is 8.17. The van der Waals surface area contributed by atoms with Crippen LogP contribution in [0.2, 0.25) is 0 Å². The summed E-state index contributed by atoms with van der Waals surface area (Å²) in [7, 11) is 0. The van der Waals surface area contributed by atoms with E-state index in [2.05, 4.69) is 44.0 Å². The Morgan fingerprint density at radius 1 is 1.36 bits per heavy atom. The molecule has 82 valence electrons. The molecule has 1 rings (SSSR count). The van der Waals surface area contributed by atoms with Crippen molar-refractivity contribution in [2.24, 2.45) is 5.41 Å². The second kappa shape index (κ2) is 6.12. The van der Waals surface area contributed by atoms with E-state index < -0.39 is 0 Å². The topological polar surface area (TPSA) is 0 Å². The van der Waals surface area contributed by atoms with Gasteiger partial charge in [-0.15, -0.1) is 30.1 Å². The zero-order valence-corrected chi connectivity index (χ0v) is 11.1. The Morgan fingerprint density at radius 3 is 2.57 bits per heavy atom. The highest BCUT2D eigenvalue weighted by Gasteiger charge is 2.24. The summed E-state index contributed by atoms with van der Waals surface area (Å²) in [5, 5.41) is 0. The third kappa shape index (κ3) is 4.79. The van der Waals surface area contributed by atoms with Gasteiger partial charge in [-0.3, -0.25) is 0 Å². The van der Waals surface area contributed by atoms with Crippen LogP contribution >= 0.6 is 23.5 Å². The Labute approximate surface area is 97.3 Å². The number of rotatable bonds is 5. The first-order chi connectivity index (χ1) is 6.64. The Morgan fingerprint density at radius 2 is 2.00 bits per heavy atom. The smallest absolute Gasteiger partial charge is 0.0507 e. The van der Waals surface area contributed by atoms with Crippen molar-refractivity contribution < 1.29 is 0 Å². The van der Waals surface area contributed by atoms with Gasteiger partial charge in [0.25, 0.3) is 0 Å². The lowest BCUT2D eigenvalue weighted by Crippen LogP contribution is -2.19. The van der Waals surface area contributed by atoms with Gasteiger partial charge in [0.2, 0.25) is 0 Å². The van der Waals surface area contributed by atoms with Gasteiger partial charge in [0.15, 0.2) is 0 Å². The molecule has 0 unspecified atom stereocenters. The van der Waals surface area contributed by atoms with Gasteiger partial charge in [0, 0.05) is 0 Å². The SMILES string of the molecule is C=CCCC(C)(C)CC1SCCCS1. The van der Waals surface area contributed by atoms with E-state index in [0.29, 0.717) is 5.41 Å². The van der Waals surface area contributed by atoms with E-state index in [-0.39, 0.29) is 0 Å². The first-order valence-electron chi connectivity index (χ1n) is 5.48. The van der Waals surface area contributed by atoms with Crippen LogP contribution in [0.1, 0.15) is 39.5 Å². The first-order valence-corrected chi connectivity index (χ1v) is 7.58. The van der Waals surface area contributed by atoms with Gasteiger partial charge in [-0.1, -0.05) is 19.9 Å². The average Bonchev–Trinajstić information content (AvgIpc) is 2.16. The number of thioether (sulfide) groups is 2. The minimum atomic E-state index is 0.496. The molecule has 0 spiro atoms. The molecule has 0 N–H and O–H groups in total. The lowest BCUT2D eigenvalue weighted by molar-refractivity contribution is 0.323. The molecule has 0 atom stereocenters. The van der Waals surface area contributed by atoms with Gasteiger partial charge in [0.05, 0.1) is 4.58 Å². The molecule has 0 radical (unpaired) electrons. The molecule has 0 saturated carbocycles. The number of hydrogen-bond acceptors (Lipinski definition) is 2. The number of hydrogen-bond donors (Lipinski definition) is 0. The third-order valence-corrected chi connectivity index (χ3v) is 5.58. The Bertz CT molecular complexity index is 169. The van der Waals surface area contributed by atoms with Crippen LogP contribution in [0, 0.1) is 5.41 Å². The van der Waals surface area contributed by atoms with E-state index in [9.17, 15) is 0 Å². The molecule has 1 fully saturated rings. The highest BCUT2D eigenvalue weighted by Crippen LogP contribution is 2.40. The summed E-state index contributed by atoms with van der Waals surface area (Å²) in [5.41, 5.74) is 0.496. The second-order valence-electron chi connectivity index (χ2n) is 4.72. The van der Waals surface area contributed by atoms with Crippen LogP contribution < -0.4 is 0 Å². The van der Waals surface area contributed by atoms with Crippen LogP contribution in [0.5, 0.6) is 0 Å². The number of allylic oxidation sites excluding steroid dienone is 1. The van der Waals surface area contributed by atoms with Crippen molar-refractivity contribution in [3.63, 3.8) is 0 Å². The van der Waals surface area contributed by atoms with Crippen LogP contribution in [-0.2, 0) is 0 Å². The van der Waals surface area contributed by atoms with Crippen molar-refractivity contribution in [2.75, 3.05) is 11.5 Å². The van der Waals surface area contributed by atoms with Gasteiger partial charge in [-0.05, 0) is 42.6 Å². The maximum atomic E-state index is 3.80. The predicted octanol–water partition coefficient (Wildman–Crippen LogP) is 4.57. The molecule has 14 heavy (non-hydrogen) atoms. The molecule has 0 aromatic rings. The minimum Gasteiger partial charge on any atom is -0.148 e. The molecule has 1 heterocycles. The van der Waals surface area contributed by atoms with Gasteiger partial charge in [0.1, 0.15) is 0 Å². The van der Waals surface area contributed by atoms with Crippen molar-refractivity contribution in [1.29, 1.82) is 0 Å². The fourth-order valence-electron chi connectivity index (χ4n) is 1.70. The zero-order chi connectivity index (χ0) is 10.4. The molecular formula is C12H22S2. The Hall–Kier alpha value is 0.440. The molecule has 0 aliphatic carbocycles. The fourth-order valence-corrected chi connectivity index (χ4v) is 5.13. The molecule has 1 aliphatic rings. The third-order valence-electron chi connectivity index (χ3n) is 2.64. The quantitative estimate of drug-likeness (QED) is 0.635. The highest BCUT2D eigenvalue weighted by atomic mass is 32.2. The molecule has 2 heteroatoms. The van der Waals surface area contributed by atoms with Crippen molar-refractivity contribution in [3.8, 4) is 0 Å². The normalized spacial score (nSPS) is 19.6. The summed E-state index contributed by atoms with van der Waals surface area (Å²) in [4.78, 5) is 0. The molecule has 0 bridgehead atoms. The van der Waals surface area contributed by atoms with Crippen molar-refractivity contribution >= 4 is 23.5 Å². The van der Waals surface area contributed by atoms with E-state index in [0.717, 1.165) is 11.0 Å². The first kappa shape index (κ1) is 12.5. The second-order valence-corrected chi connectivity index (χ2v) is 7.64. The largest absolute Gasteiger partial charge is 0.148 e. The van der Waals surface area contributed by atoms with Crippen LogP contribution in [0.15, 0.2) is 12.7 Å². The lowest BCUT2D eigenvalue weighted by Gasteiger charge is -2.30. The fraction of sp³-hybridized carbons (Fsp3) is 0.833. The molecule has 1 aliphatic heterocycles. The summed E-state index contributed by atoms with van der Waals surface area (Å²) < 4.78 is 0.851. The summed E-state index contributed by atoms with van der Waals surface area (Å²) in [6, 6.07) is 0. The van der Waals surface area contributed by atoms with Gasteiger partial charge in [-0.2, -0.15) is 0 Å². The minimum absolute atomic E-state index is 0.496. The molecule has 0 aromatic carbocycles. The molecule has 0 amide bonds. The average molecular weight is 230 g/mol. The molecular weight excluding hydrogens is 208 g/mol. The lowest BCUT2D eigenvalue weighted by atomic mass is 9.85. The van der Waals surface area contributed by atoms with Crippen molar-refractivity contribution in [3.05, 3.63) is 12.7 Å².